The molecule has 0 heterocycles. The lowest BCUT2D eigenvalue weighted by Crippen LogP contribution is -2.18. The third-order valence-corrected chi connectivity index (χ3v) is 1.94. The topological polar surface area (TPSA) is 91.7 Å². The van der Waals surface area contributed by atoms with E-state index in [2.05, 4.69) is 0 Å². The first kappa shape index (κ1) is 12.6. The van der Waals surface area contributed by atoms with Crippen LogP contribution in [-0.2, 0) is 14.4 Å². The number of hydrogen-bond acceptors (Lipinski definition) is 3. The van der Waals surface area contributed by atoms with Crippen LogP contribution >= 0.6 is 0 Å². The Bertz CT molecular complexity index is 233. The molecule has 0 saturated heterocycles. The molecule has 0 saturated carbocycles. The minimum absolute atomic E-state index is 0.0401. The SMILES string of the molecule is CCC(=O)CC[C@H](CC(=O)O)C(=O)O. The Morgan fingerprint density at radius 2 is 1.79 bits per heavy atom. The van der Waals surface area contributed by atoms with Gasteiger partial charge < -0.3 is 10.2 Å². The molecule has 0 aliphatic carbocycles. The third-order valence-electron chi connectivity index (χ3n) is 1.94. The van der Waals surface area contributed by atoms with Crippen molar-refractivity contribution in [3.05, 3.63) is 0 Å². The van der Waals surface area contributed by atoms with Gasteiger partial charge in [-0.3, -0.25) is 14.4 Å². The van der Waals surface area contributed by atoms with Crippen LogP contribution in [-0.4, -0.2) is 27.9 Å². The summed E-state index contributed by atoms with van der Waals surface area (Å²) in [4.78, 5) is 31.7. The zero-order chi connectivity index (χ0) is 11.1. The lowest BCUT2D eigenvalue weighted by Gasteiger charge is -2.07. The highest BCUT2D eigenvalue weighted by molar-refractivity contribution is 5.80. The second-order valence-electron chi connectivity index (χ2n) is 3.06. The van der Waals surface area contributed by atoms with E-state index in [1.807, 2.05) is 0 Å². The Labute approximate surface area is 81.7 Å². The Morgan fingerprint density at radius 3 is 2.14 bits per heavy atom. The lowest BCUT2D eigenvalue weighted by atomic mass is 9.98. The van der Waals surface area contributed by atoms with Gasteiger partial charge in [0.05, 0.1) is 12.3 Å². The van der Waals surface area contributed by atoms with Crippen molar-refractivity contribution in [2.24, 2.45) is 5.92 Å². The summed E-state index contributed by atoms with van der Waals surface area (Å²) in [5.74, 6) is -3.30. The summed E-state index contributed by atoms with van der Waals surface area (Å²) >= 11 is 0. The zero-order valence-electron chi connectivity index (χ0n) is 8.02. The van der Waals surface area contributed by atoms with Crippen LogP contribution in [0.5, 0.6) is 0 Å². The molecular weight excluding hydrogens is 188 g/mol. The van der Waals surface area contributed by atoms with Crippen molar-refractivity contribution in [1.82, 2.24) is 0 Å². The van der Waals surface area contributed by atoms with Crippen LogP contribution in [0.2, 0.25) is 0 Å². The molecule has 0 amide bonds. The molecule has 0 unspecified atom stereocenters. The molecular formula is C9H14O5. The maximum Gasteiger partial charge on any atom is 0.307 e. The second kappa shape index (κ2) is 6.12. The fourth-order valence-electron chi connectivity index (χ4n) is 1.04. The number of rotatable bonds is 7. The van der Waals surface area contributed by atoms with Gasteiger partial charge >= 0.3 is 11.9 Å². The normalized spacial score (nSPS) is 12.1. The lowest BCUT2D eigenvalue weighted by molar-refractivity contribution is -0.148. The molecule has 5 nitrogen and oxygen atoms in total. The summed E-state index contributed by atoms with van der Waals surface area (Å²) in [6, 6.07) is 0. The standard InChI is InChI=1S/C9H14O5/c1-2-7(10)4-3-6(9(13)14)5-8(11)12/h6H,2-5H2,1H3,(H,11,12)(H,13,14)/t6-/m1/s1. The fraction of sp³-hybridized carbons (Fsp3) is 0.667. The van der Waals surface area contributed by atoms with Crippen LogP contribution < -0.4 is 0 Å². The van der Waals surface area contributed by atoms with Crippen molar-refractivity contribution >= 4 is 17.7 Å². The van der Waals surface area contributed by atoms with E-state index in [-0.39, 0.29) is 18.6 Å². The summed E-state index contributed by atoms with van der Waals surface area (Å²) in [5.41, 5.74) is 0. The van der Waals surface area contributed by atoms with Gasteiger partial charge in [0.1, 0.15) is 5.78 Å². The maximum absolute atomic E-state index is 10.9. The third kappa shape index (κ3) is 5.29. The van der Waals surface area contributed by atoms with E-state index in [1.54, 1.807) is 6.92 Å². The van der Waals surface area contributed by atoms with E-state index in [9.17, 15) is 14.4 Å². The predicted octanol–water partition coefficient (Wildman–Crippen LogP) is 0.921. The summed E-state index contributed by atoms with van der Waals surface area (Å²) in [6.07, 6.45) is 0.181. The van der Waals surface area contributed by atoms with Crippen LogP contribution in [0.1, 0.15) is 32.6 Å². The highest BCUT2D eigenvalue weighted by Crippen LogP contribution is 2.12. The Balaban J connectivity index is 4.04. The molecule has 0 aliphatic rings. The van der Waals surface area contributed by atoms with Gasteiger partial charge in [0.25, 0.3) is 0 Å². The summed E-state index contributed by atoms with van der Waals surface area (Å²) < 4.78 is 0. The van der Waals surface area contributed by atoms with Crippen LogP contribution in [0, 0.1) is 5.92 Å². The van der Waals surface area contributed by atoms with E-state index in [4.69, 9.17) is 10.2 Å². The molecule has 0 bridgehead atoms. The first-order valence-electron chi connectivity index (χ1n) is 4.43. The highest BCUT2D eigenvalue weighted by atomic mass is 16.4. The number of Topliss-reactive ketones (excluding diaryl/α,β-unsaturated/α-hetero) is 1. The van der Waals surface area contributed by atoms with Gasteiger partial charge in [-0.2, -0.15) is 0 Å². The largest absolute Gasteiger partial charge is 0.481 e. The summed E-state index contributed by atoms with van der Waals surface area (Å²) in [5, 5.41) is 17.0. The number of ketones is 1. The van der Waals surface area contributed by atoms with E-state index >= 15 is 0 Å². The molecule has 0 aromatic carbocycles. The molecule has 5 heteroatoms. The highest BCUT2D eigenvalue weighted by Gasteiger charge is 2.21. The molecule has 14 heavy (non-hydrogen) atoms. The Hall–Kier alpha value is -1.39. The molecule has 0 radical (unpaired) electrons. The van der Waals surface area contributed by atoms with Crippen LogP contribution in [0.3, 0.4) is 0 Å². The number of carbonyl (C=O) groups excluding carboxylic acids is 1. The number of carbonyl (C=O) groups is 3. The van der Waals surface area contributed by atoms with Gasteiger partial charge in [-0.25, -0.2) is 0 Å². The fourth-order valence-corrected chi connectivity index (χ4v) is 1.04. The van der Waals surface area contributed by atoms with Gasteiger partial charge in [0.2, 0.25) is 0 Å². The molecule has 0 aliphatic heterocycles. The van der Waals surface area contributed by atoms with Crippen molar-refractivity contribution in [3.8, 4) is 0 Å². The molecule has 0 rings (SSSR count). The first-order chi connectivity index (χ1) is 6.47. The average molecular weight is 202 g/mol. The molecule has 0 aromatic heterocycles. The monoisotopic (exact) mass is 202 g/mol. The number of carboxylic acids is 2. The van der Waals surface area contributed by atoms with Gasteiger partial charge in [0, 0.05) is 12.8 Å². The van der Waals surface area contributed by atoms with E-state index in [0.717, 1.165) is 0 Å². The van der Waals surface area contributed by atoms with Crippen molar-refractivity contribution < 1.29 is 24.6 Å². The average Bonchev–Trinajstić information content (AvgIpc) is 2.10. The number of hydrogen-bond donors (Lipinski definition) is 2. The first-order valence-corrected chi connectivity index (χ1v) is 4.43. The van der Waals surface area contributed by atoms with Crippen molar-refractivity contribution in [2.75, 3.05) is 0 Å². The van der Waals surface area contributed by atoms with E-state index < -0.39 is 24.3 Å². The van der Waals surface area contributed by atoms with Gasteiger partial charge in [-0.05, 0) is 6.42 Å². The smallest absolute Gasteiger partial charge is 0.307 e. The molecule has 80 valence electrons. The quantitative estimate of drug-likeness (QED) is 0.640. The maximum atomic E-state index is 10.9. The molecule has 0 spiro atoms. The van der Waals surface area contributed by atoms with Crippen LogP contribution in [0.4, 0.5) is 0 Å². The van der Waals surface area contributed by atoms with Gasteiger partial charge in [-0.15, -0.1) is 0 Å². The van der Waals surface area contributed by atoms with E-state index in [0.29, 0.717) is 6.42 Å². The summed E-state index contributed by atoms with van der Waals surface area (Å²) in [6.45, 7) is 1.69. The van der Waals surface area contributed by atoms with Gasteiger partial charge in [-0.1, -0.05) is 6.92 Å². The van der Waals surface area contributed by atoms with Crippen molar-refractivity contribution in [3.63, 3.8) is 0 Å². The van der Waals surface area contributed by atoms with Crippen molar-refractivity contribution in [2.45, 2.75) is 32.6 Å². The van der Waals surface area contributed by atoms with Gasteiger partial charge in [0.15, 0.2) is 0 Å². The zero-order valence-corrected chi connectivity index (χ0v) is 8.02. The number of aliphatic carboxylic acids is 2. The Morgan fingerprint density at radius 1 is 1.21 bits per heavy atom. The summed E-state index contributed by atoms with van der Waals surface area (Å²) in [7, 11) is 0. The molecule has 0 fully saturated rings. The number of carboxylic acid groups (broad SMARTS) is 2. The molecule has 0 aromatic rings. The minimum atomic E-state index is -1.16. The van der Waals surface area contributed by atoms with E-state index in [1.165, 1.54) is 0 Å². The minimum Gasteiger partial charge on any atom is -0.481 e. The molecule has 1 atom stereocenters. The van der Waals surface area contributed by atoms with Crippen molar-refractivity contribution in [1.29, 1.82) is 0 Å². The predicted molar refractivity (Wildman–Crippen MR) is 47.9 cm³/mol. The molecule has 2 N–H and O–H groups in total. The Kier molecular flexibility index (Phi) is 5.52. The second-order valence-corrected chi connectivity index (χ2v) is 3.06. The van der Waals surface area contributed by atoms with Crippen LogP contribution in [0.25, 0.3) is 0 Å². The van der Waals surface area contributed by atoms with Crippen LogP contribution in [0.15, 0.2) is 0 Å².